The molecule has 0 aromatic heterocycles. The van der Waals surface area contributed by atoms with Crippen LogP contribution in [0.3, 0.4) is 0 Å². The SMILES string of the molecule is COC(=O)C1(c2ccc(N)c(/C=C/C(C)[Si](C)(C)C)c2)CC1. The quantitative estimate of drug-likeness (QED) is 0.502. The summed E-state index contributed by atoms with van der Waals surface area (Å²) in [5, 5.41) is 0. The summed E-state index contributed by atoms with van der Waals surface area (Å²) < 4.78 is 4.96. The second-order valence-electron chi connectivity index (χ2n) is 7.43. The monoisotopic (exact) mass is 317 g/mol. The maximum atomic E-state index is 12.0. The van der Waals surface area contributed by atoms with Gasteiger partial charge in [0.25, 0.3) is 0 Å². The van der Waals surface area contributed by atoms with Gasteiger partial charge in [-0.1, -0.05) is 44.8 Å². The molecule has 4 heteroatoms. The molecule has 0 spiro atoms. The summed E-state index contributed by atoms with van der Waals surface area (Å²) in [6, 6.07) is 5.91. The molecule has 1 aromatic rings. The number of nitrogens with two attached hydrogens (primary N) is 1. The van der Waals surface area contributed by atoms with Gasteiger partial charge >= 0.3 is 5.97 Å². The van der Waals surface area contributed by atoms with Crippen LogP contribution in [0.25, 0.3) is 6.08 Å². The number of methoxy groups -OCH3 is 1. The molecule has 1 aromatic carbocycles. The fourth-order valence-corrected chi connectivity index (χ4v) is 3.16. The van der Waals surface area contributed by atoms with Crippen molar-refractivity contribution in [2.45, 2.75) is 50.4 Å². The van der Waals surface area contributed by atoms with E-state index in [1.807, 2.05) is 18.2 Å². The zero-order chi connectivity index (χ0) is 16.5. The molecule has 1 aliphatic rings. The fourth-order valence-electron chi connectivity index (χ4n) is 2.48. The van der Waals surface area contributed by atoms with Crippen LogP contribution in [0.5, 0.6) is 0 Å². The highest BCUT2D eigenvalue weighted by Gasteiger charge is 2.52. The molecule has 1 fully saturated rings. The van der Waals surface area contributed by atoms with E-state index in [0.29, 0.717) is 5.54 Å². The Balaban J connectivity index is 2.29. The van der Waals surface area contributed by atoms with Crippen molar-refractivity contribution in [2.75, 3.05) is 12.8 Å². The summed E-state index contributed by atoms with van der Waals surface area (Å²) in [5.41, 5.74) is 9.01. The van der Waals surface area contributed by atoms with E-state index in [-0.39, 0.29) is 5.97 Å². The van der Waals surface area contributed by atoms with E-state index in [2.05, 4.69) is 38.7 Å². The first-order valence-corrected chi connectivity index (χ1v) is 11.4. The van der Waals surface area contributed by atoms with Crippen molar-refractivity contribution in [1.29, 1.82) is 0 Å². The van der Waals surface area contributed by atoms with Gasteiger partial charge in [0.05, 0.1) is 20.6 Å². The van der Waals surface area contributed by atoms with Crippen LogP contribution in [0, 0.1) is 0 Å². The summed E-state index contributed by atoms with van der Waals surface area (Å²) in [6.07, 6.45) is 6.07. The highest BCUT2D eigenvalue weighted by molar-refractivity contribution is 6.77. The molecule has 2 N–H and O–H groups in total. The average Bonchev–Trinajstić information content (AvgIpc) is 3.25. The molecule has 0 saturated heterocycles. The fraction of sp³-hybridized carbons (Fsp3) is 0.500. The first-order valence-electron chi connectivity index (χ1n) is 7.87. The van der Waals surface area contributed by atoms with Gasteiger partial charge in [0.15, 0.2) is 0 Å². The van der Waals surface area contributed by atoms with Crippen LogP contribution in [0.15, 0.2) is 24.3 Å². The number of allylic oxidation sites excluding steroid dienone is 1. The minimum atomic E-state index is -1.20. The van der Waals surface area contributed by atoms with E-state index >= 15 is 0 Å². The highest BCUT2D eigenvalue weighted by atomic mass is 28.3. The van der Waals surface area contributed by atoms with E-state index in [9.17, 15) is 4.79 Å². The zero-order valence-electron chi connectivity index (χ0n) is 14.3. The lowest BCUT2D eigenvalue weighted by Crippen LogP contribution is -2.24. The Morgan fingerprint density at radius 1 is 1.36 bits per heavy atom. The third-order valence-electron chi connectivity index (χ3n) is 4.90. The number of esters is 1. The Kier molecular flexibility index (Phi) is 4.52. The number of anilines is 1. The number of carbonyl (C=O) groups excluding carboxylic acids is 1. The number of benzene rings is 1. The maximum Gasteiger partial charge on any atom is 0.316 e. The zero-order valence-corrected chi connectivity index (χ0v) is 15.3. The molecular weight excluding hydrogens is 290 g/mol. The van der Waals surface area contributed by atoms with E-state index in [1.165, 1.54) is 7.11 Å². The molecular formula is C18H27NO2Si. The van der Waals surface area contributed by atoms with Crippen LogP contribution in [0.2, 0.25) is 25.2 Å². The van der Waals surface area contributed by atoms with Crippen molar-refractivity contribution in [3.63, 3.8) is 0 Å². The van der Waals surface area contributed by atoms with E-state index in [4.69, 9.17) is 10.5 Å². The molecule has 0 aliphatic heterocycles. The second kappa shape index (κ2) is 5.92. The number of ether oxygens (including phenoxy) is 1. The number of nitrogen functional groups attached to an aromatic ring is 1. The van der Waals surface area contributed by atoms with Gasteiger partial charge < -0.3 is 10.5 Å². The van der Waals surface area contributed by atoms with Crippen LogP contribution in [0.1, 0.15) is 30.9 Å². The van der Waals surface area contributed by atoms with Gasteiger partial charge in [0.1, 0.15) is 0 Å². The first kappa shape index (κ1) is 16.8. The van der Waals surface area contributed by atoms with E-state index in [0.717, 1.165) is 29.7 Å². The van der Waals surface area contributed by atoms with Crippen LogP contribution in [-0.4, -0.2) is 21.2 Å². The molecule has 22 heavy (non-hydrogen) atoms. The van der Waals surface area contributed by atoms with Gasteiger partial charge in [0, 0.05) is 5.69 Å². The Hall–Kier alpha value is -1.55. The lowest BCUT2D eigenvalue weighted by atomic mass is 9.93. The van der Waals surface area contributed by atoms with Gasteiger partial charge in [-0.25, -0.2) is 0 Å². The Bertz CT molecular complexity index is 598. The largest absolute Gasteiger partial charge is 0.468 e. The molecule has 1 unspecified atom stereocenters. The van der Waals surface area contributed by atoms with E-state index in [1.54, 1.807) is 0 Å². The van der Waals surface area contributed by atoms with Crippen molar-refractivity contribution in [3.05, 3.63) is 35.4 Å². The third kappa shape index (κ3) is 3.27. The van der Waals surface area contributed by atoms with Gasteiger partial charge in [-0.15, -0.1) is 0 Å². The van der Waals surface area contributed by atoms with Crippen molar-refractivity contribution in [1.82, 2.24) is 0 Å². The van der Waals surface area contributed by atoms with Crippen LogP contribution >= 0.6 is 0 Å². The van der Waals surface area contributed by atoms with Gasteiger partial charge in [0.2, 0.25) is 0 Å². The number of hydrogen-bond acceptors (Lipinski definition) is 3. The van der Waals surface area contributed by atoms with Crippen molar-refractivity contribution < 1.29 is 9.53 Å². The molecule has 1 atom stereocenters. The summed E-state index contributed by atoms with van der Waals surface area (Å²) in [7, 11) is 0.259. The van der Waals surface area contributed by atoms with Crippen molar-refractivity contribution in [3.8, 4) is 0 Å². The number of carbonyl (C=O) groups is 1. The standard InChI is InChI=1S/C18H27NO2Si/c1-13(22(3,4)5)6-7-14-12-15(8-9-16(14)19)18(10-11-18)17(20)21-2/h6-9,12-13H,10-11,19H2,1-5H3/b7-6+. The summed E-state index contributed by atoms with van der Waals surface area (Å²) in [4.78, 5) is 12.0. The molecule has 1 aliphatic carbocycles. The maximum absolute atomic E-state index is 12.0. The predicted octanol–water partition coefficient (Wildman–Crippen LogP) is 4.21. The minimum absolute atomic E-state index is 0.136. The minimum Gasteiger partial charge on any atom is -0.468 e. The number of rotatable bonds is 5. The normalized spacial score (nSPS) is 18.2. The third-order valence-corrected chi connectivity index (χ3v) is 7.82. The molecule has 0 heterocycles. The van der Waals surface area contributed by atoms with Crippen molar-refractivity contribution in [2.24, 2.45) is 0 Å². The first-order chi connectivity index (χ1) is 10.2. The van der Waals surface area contributed by atoms with Crippen molar-refractivity contribution >= 4 is 25.8 Å². The van der Waals surface area contributed by atoms with Gasteiger partial charge in [-0.05, 0) is 41.6 Å². The molecule has 1 saturated carbocycles. The molecule has 0 amide bonds. The second-order valence-corrected chi connectivity index (χ2v) is 13.1. The summed E-state index contributed by atoms with van der Waals surface area (Å²) >= 11 is 0. The highest BCUT2D eigenvalue weighted by Crippen LogP contribution is 2.49. The molecule has 120 valence electrons. The molecule has 0 radical (unpaired) electrons. The van der Waals surface area contributed by atoms with Gasteiger partial charge in [-0.3, -0.25) is 4.79 Å². The Morgan fingerprint density at radius 2 is 2.00 bits per heavy atom. The molecule has 2 rings (SSSR count). The lowest BCUT2D eigenvalue weighted by Gasteiger charge is -2.22. The molecule has 0 bridgehead atoms. The lowest BCUT2D eigenvalue weighted by molar-refractivity contribution is -0.143. The van der Waals surface area contributed by atoms with E-state index < -0.39 is 13.5 Å². The summed E-state index contributed by atoms with van der Waals surface area (Å²) in [5.74, 6) is -0.136. The average molecular weight is 318 g/mol. The smallest absolute Gasteiger partial charge is 0.316 e. The van der Waals surface area contributed by atoms with Crippen LogP contribution in [0.4, 0.5) is 5.69 Å². The van der Waals surface area contributed by atoms with Gasteiger partial charge in [-0.2, -0.15) is 0 Å². The van der Waals surface area contributed by atoms with Crippen LogP contribution < -0.4 is 5.73 Å². The predicted molar refractivity (Wildman–Crippen MR) is 95.6 cm³/mol. The van der Waals surface area contributed by atoms with Crippen LogP contribution in [-0.2, 0) is 14.9 Å². The Morgan fingerprint density at radius 3 is 2.50 bits per heavy atom. The summed E-state index contributed by atoms with van der Waals surface area (Å²) in [6.45, 7) is 9.34. The topological polar surface area (TPSA) is 52.3 Å². The number of hydrogen-bond donors (Lipinski definition) is 1. The Labute approximate surface area is 134 Å². The molecule has 3 nitrogen and oxygen atoms in total.